The maximum absolute atomic E-state index is 9.13. The molecule has 0 amide bonds. The van der Waals surface area contributed by atoms with Crippen LogP contribution in [-0.2, 0) is 0 Å². The van der Waals surface area contributed by atoms with E-state index in [4.69, 9.17) is 10.00 Å². The van der Waals surface area contributed by atoms with Crippen molar-refractivity contribution in [2.24, 2.45) is 0 Å². The van der Waals surface area contributed by atoms with Crippen molar-refractivity contribution in [3.8, 4) is 11.8 Å². The van der Waals surface area contributed by atoms with Crippen molar-refractivity contribution < 1.29 is 4.74 Å². The average Bonchev–Trinajstić information content (AvgIpc) is 2.86. The minimum absolute atomic E-state index is 0.691. The predicted molar refractivity (Wildman–Crippen MR) is 70.6 cm³/mol. The lowest BCUT2D eigenvalue weighted by Crippen LogP contribution is -1.86. The molecule has 17 heavy (non-hydrogen) atoms. The second-order valence-electron chi connectivity index (χ2n) is 3.75. The van der Waals surface area contributed by atoms with Gasteiger partial charge in [-0.15, -0.1) is 11.3 Å². The van der Waals surface area contributed by atoms with Crippen LogP contribution < -0.4 is 4.74 Å². The first-order valence-electron chi connectivity index (χ1n) is 5.22. The number of thiophene rings is 1. The molecule has 3 rings (SSSR count). The summed E-state index contributed by atoms with van der Waals surface area (Å²) < 4.78 is 6.57. The van der Waals surface area contributed by atoms with Crippen molar-refractivity contribution in [2.75, 3.05) is 7.11 Å². The zero-order chi connectivity index (χ0) is 11.8. The van der Waals surface area contributed by atoms with Crippen LogP contribution in [0.1, 0.15) is 5.56 Å². The van der Waals surface area contributed by atoms with Gasteiger partial charge in [0.15, 0.2) is 0 Å². The molecule has 1 heterocycles. The minimum atomic E-state index is 0.691. The maximum atomic E-state index is 9.13. The number of fused-ring (bicyclic) bond motifs is 3. The van der Waals surface area contributed by atoms with Crippen molar-refractivity contribution in [3.63, 3.8) is 0 Å². The Hall–Kier alpha value is -2.05. The van der Waals surface area contributed by atoms with Gasteiger partial charge >= 0.3 is 0 Å². The van der Waals surface area contributed by atoms with Gasteiger partial charge in [0, 0.05) is 20.9 Å². The fourth-order valence-electron chi connectivity index (χ4n) is 2.11. The lowest BCUT2D eigenvalue weighted by atomic mass is 10.0. The number of rotatable bonds is 1. The molecule has 0 radical (unpaired) electrons. The lowest BCUT2D eigenvalue weighted by molar-refractivity contribution is 0.420. The standard InChI is InChI=1S/C14H9NOS/c1-16-13-7-12-9(8-15)3-2-4-10(12)14-11(13)5-6-17-14/h2-7H,1H3. The molecule has 0 aliphatic heterocycles. The van der Waals surface area contributed by atoms with Gasteiger partial charge in [-0.3, -0.25) is 0 Å². The normalized spacial score (nSPS) is 10.6. The van der Waals surface area contributed by atoms with Crippen LogP contribution in [-0.4, -0.2) is 7.11 Å². The average molecular weight is 239 g/mol. The van der Waals surface area contributed by atoms with Crippen LogP contribution >= 0.6 is 11.3 Å². The first kappa shape index (κ1) is 10.1. The summed E-state index contributed by atoms with van der Waals surface area (Å²) in [7, 11) is 1.66. The lowest BCUT2D eigenvalue weighted by Gasteiger charge is -2.06. The van der Waals surface area contributed by atoms with Crippen LogP contribution in [0.2, 0.25) is 0 Å². The molecule has 0 spiro atoms. The number of methoxy groups -OCH3 is 1. The van der Waals surface area contributed by atoms with E-state index < -0.39 is 0 Å². The van der Waals surface area contributed by atoms with Crippen molar-refractivity contribution in [1.82, 2.24) is 0 Å². The van der Waals surface area contributed by atoms with Gasteiger partial charge in [0.2, 0.25) is 0 Å². The summed E-state index contributed by atoms with van der Waals surface area (Å²) in [6.45, 7) is 0. The van der Waals surface area contributed by atoms with Gasteiger partial charge < -0.3 is 4.74 Å². The highest BCUT2D eigenvalue weighted by Crippen LogP contribution is 2.37. The quantitative estimate of drug-likeness (QED) is 0.644. The van der Waals surface area contributed by atoms with Crippen molar-refractivity contribution >= 4 is 32.2 Å². The molecule has 0 unspecified atom stereocenters. The zero-order valence-corrected chi connectivity index (χ0v) is 10.0. The summed E-state index contributed by atoms with van der Waals surface area (Å²) >= 11 is 1.68. The molecule has 0 fully saturated rings. The molecule has 0 saturated carbocycles. The second kappa shape index (κ2) is 3.76. The van der Waals surface area contributed by atoms with E-state index in [9.17, 15) is 0 Å². The Morgan fingerprint density at radius 1 is 1.18 bits per heavy atom. The number of nitrogens with zero attached hydrogens (tertiary/aromatic N) is 1. The van der Waals surface area contributed by atoms with E-state index in [0.717, 1.165) is 21.9 Å². The van der Waals surface area contributed by atoms with E-state index in [0.29, 0.717) is 5.56 Å². The van der Waals surface area contributed by atoms with Crippen LogP contribution in [0.4, 0.5) is 0 Å². The molecule has 2 aromatic carbocycles. The number of hydrogen-bond donors (Lipinski definition) is 0. The first-order valence-corrected chi connectivity index (χ1v) is 6.10. The molecule has 0 aliphatic carbocycles. The smallest absolute Gasteiger partial charge is 0.128 e. The van der Waals surface area contributed by atoms with E-state index in [2.05, 4.69) is 18.2 Å². The number of benzene rings is 2. The third-order valence-corrected chi connectivity index (χ3v) is 3.84. The van der Waals surface area contributed by atoms with Gasteiger partial charge in [-0.25, -0.2) is 0 Å². The third kappa shape index (κ3) is 1.38. The summed E-state index contributed by atoms with van der Waals surface area (Å²) in [4.78, 5) is 0. The Morgan fingerprint density at radius 2 is 2.06 bits per heavy atom. The number of ether oxygens (including phenoxy) is 1. The van der Waals surface area contributed by atoms with E-state index in [1.54, 1.807) is 18.4 Å². The van der Waals surface area contributed by atoms with E-state index in [1.165, 1.54) is 4.70 Å². The summed E-state index contributed by atoms with van der Waals surface area (Å²) in [5.74, 6) is 0.830. The molecular weight excluding hydrogens is 230 g/mol. The highest BCUT2D eigenvalue weighted by atomic mass is 32.1. The second-order valence-corrected chi connectivity index (χ2v) is 4.67. The number of hydrogen-bond acceptors (Lipinski definition) is 3. The van der Waals surface area contributed by atoms with Crippen LogP contribution in [0.5, 0.6) is 5.75 Å². The monoisotopic (exact) mass is 239 g/mol. The van der Waals surface area contributed by atoms with E-state index in [-0.39, 0.29) is 0 Å². The summed E-state index contributed by atoms with van der Waals surface area (Å²) in [5.41, 5.74) is 0.691. The van der Waals surface area contributed by atoms with E-state index >= 15 is 0 Å². The van der Waals surface area contributed by atoms with Gasteiger partial charge in [-0.2, -0.15) is 5.26 Å². The summed E-state index contributed by atoms with van der Waals surface area (Å²) in [6, 6.07) is 12.0. The zero-order valence-electron chi connectivity index (χ0n) is 9.23. The van der Waals surface area contributed by atoms with E-state index in [1.807, 2.05) is 23.6 Å². The Morgan fingerprint density at radius 3 is 2.82 bits per heavy atom. The molecule has 0 atom stereocenters. The predicted octanol–water partition coefficient (Wildman–Crippen LogP) is 3.93. The molecule has 3 heteroatoms. The van der Waals surface area contributed by atoms with Crippen LogP contribution in [0.3, 0.4) is 0 Å². The van der Waals surface area contributed by atoms with Crippen LogP contribution in [0.15, 0.2) is 35.7 Å². The fraction of sp³-hybridized carbons (Fsp3) is 0.0714. The van der Waals surface area contributed by atoms with Crippen LogP contribution in [0.25, 0.3) is 20.9 Å². The molecule has 2 nitrogen and oxygen atoms in total. The maximum Gasteiger partial charge on any atom is 0.128 e. The molecular formula is C14H9NOS. The molecule has 82 valence electrons. The van der Waals surface area contributed by atoms with Crippen molar-refractivity contribution in [2.45, 2.75) is 0 Å². The highest BCUT2D eigenvalue weighted by molar-refractivity contribution is 7.18. The SMILES string of the molecule is COc1cc2c(C#N)cccc2c2sccc12. The fourth-order valence-corrected chi connectivity index (χ4v) is 3.05. The summed E-state index contributed by atoms with van der Waals surface area (Å²) in [5, 5.41) is 14.4. The van der Waals surface area contributed by atoms with Gasteiger partial charge in [0.25, 0.3) is 0 Å². The van der Waals surface area contributed by atoms with Gasteiger partial charge in [0.05, 0.1) is 18.7 Å². The summed E-state index contributed by atoms with van der Waals surface area (Å²) in [6.07, 6.45) is 0. The Bertz CT molecular complexity index is 752. The van der Waals surface area contributed by atoms with Crippen LogP contribution in [0, 0.1) is 11.3 Å². The first-order chi connectivity index (χ1) is 8.35. The molecule has 0 saturated heterocycles. The van der Waals surface area contributed by atoms with Gasteiger partial charge in [0.1, 0.15) is 5.75 Å². The topological polar surface area (TPSA) is 33.0 Å². The molecule has 3 aromatic rings. The third-order valence-electron chi connectivity index (χ3n) is 2.90. The molecule has 0 N–H and O–H groups in total. The highest BCUT2D eigenvalue weighted by Gasteiger charge is 2.10. The minimum Gasteiger partial charge on any atom is -0.496 e. The van der Waals surface area contributed by atoms with Gasteiger partial charge in [-0.1, -0.05) is 12.1 Å². The Balaban J connectivity index is 2.58. The Labute approximate surface area is 103 Å². The molecule has 0 aliphatic rings. The molecule has 1 aromatic heterocycles. The number of nitriles is 1. The molecule has 0 bridgehead atoms. The van der Waals surface area contributed by atoms with Gasteiger partial charge in [-0.05, 0) is 23.6 Å². The Kier molecular flexibility index (Phi) is 2.24. The van der Waals surface area contributed by atoms with Crippen molar-refractivity contribution in [3.05, 3.63) is 41.3 Å². The largest absolute Gasteiger partial charge is 0.496 e. The van der Waals surface area contributed by atoms with Crippen molar-refractivity contribution in [1.29, 1.82) is 5.26 Å².